The predicted molar refractivity (Wildman–Crippen MR) is 167 cm³/mol. The van der Waals surface area contributed by atoms with E-state index in [1.165, 1.54) is 70.6 Å². The lowest BCUT2D eigenvalue weighted by Gasteiger charge is -2.28. The van der Waals surface area contributed by atoms with Crippen LogP contribution in [0.1, 0.15) is 142 Å². The van der Waals surface area contributed by atoms with Gasteiger partial charge in [-0.05, 0) is 12.8 Å². The van der Waals surface area contributed by atoms with E-state index in [9.17, 15) is 19.0 Å². The summed E-state index contributed by atoms with van der Waals surface area (Å²) in [5.74, 6) is -0.850. The zero-order valence-corrected chi connectivity index (χ0v) is 28.6. The Balaban J connectivity index is 4.34. The van der Waals surface area contributed by atoms with Gasteiger partial charge in [-0.25, -0.2) is 0 Å². The van der Waals surface area contributed by atoms with Crippen molar-refractivity contribution in [2.45, 2.75) is 148 Å². The summed E-state index contributed by atoms with van der Waals surface area (Å²) < 4.78 is 33.4. The Labute approximate surface area is 257 Å². The average Bonchev–Trinajstić information content (AvgIpc) is 2.92. The van der Waals surface area contributed by atoms with Crippen LogP contribution in [0, 0.1) is 0 Å². The van der Waals surface area contributed by atoms with Crippen molar-refractivity contribution in [3.05, 3.63) is 0 Å². The topological polar surface area (TPSA) is 111 Å². The Hall–Kier alpha value is -0.990. The van der Waals surface area contributed by atoms with E-state index >= 15 is 0 Å². The smallest absolute Gasteiger partial charge is 0.306 e. The SMILES string of the molecule is CCCCCCCCCCCCCCCCC(=O)OC(COC(=O)CCCCCC)COP(=O)([O-])OCC[N+](C)(C)C. The van der Waals surface area contributed by atoms with Gasteiger partial charge in [0.25, 0.3) is 7.82 Å². The molecular weight excluding hydrogens is 557 g/mol. The van der Waals surface area contributed by atoms with Gasteiger partial charge in [0.15, 0.2) is 6.10 Å². The molecule has 10 heteroatoms. The largest absolute Gasteiger partial charge is 0.756 e. The van der Waals surface area contributed by atoms with Crippen molar-refractivity contribution in [1.82, 2.24) is 0 Å². The molecule has 0 amide bonds. The maximum absolute atomic E-state index is 12.5. The summed E-state index contributed by atoms with van der Waals surface area (Å²) in [6, 6.07) is 0. The van der Waals surface area contributed by atoms with Gasteiger partial charge in [-0.1, -0.05) is 117 Å². The van der Waals surface area contributed by atoms with Crippen molar-refractivity contribution in [2.75, 3.05) is 47.5 Å². The monoisotopic (exact) mass is 621 g/mol. The van der Waals surface area contributed by atoms with Crippen LogP contribution >= 0.6 is 7.82 Å². The Morgan fingerprint density at radius 1 is 0.643 bits per heavy atom. The first kappa shape index (κ1) is 41.0. The summed E-state index contributed by atoms with van der Waals surface area (Å²) in [6.45, 7) is 4.08. The van der Waals surface area contributed by atoms with Gasteiger partial charge in [0, 0.05) is 12.8 Å². The fourth-order valence-electron chi connectivity index (χ4n) is 4.42. The molecule has 0 aromatic rings. The lowest BCUT2D eigenvalue weighted by atomic mass is 10.0. The first-order valence-electron chi connectivity index (χ1n) is 16.7. The molecule has 250 valence electrons. The van der Waals surface area contributed by atoms with Crippen molar-refractivity contribution in [1.29, 1.82) is 0 Å². The number of quaternary nitrogens is 1. The lowest BCUT2D eigenvalue weighted by Crippen LogP contribution is -2.37. The number of hydrogen-bond donors (Lipinski definition) is 0. The third-order valence-corrected chi connectivity index (χ3v) is 8.09. The minimum absolute atomic E-state index is 0.0272. The number of unbranched alkanes of at least 4 members (excludes halogenated alkanes) is 16. The molecule has 0 rings (SSSR count). The number of phosphoric ester groups is 1. The molecule has 0 spiro atoms. The number of esters is 2. The maximum atomic E-state index is 12.5. The van der Waals surface area contributed by atoms with Gasteiger partial charge in [0.2, 0.25) is 0 Å². The van der Waals surface area contributed by atoms with Crippen molar-refractivity contribution in [3.63, 3.8) is 0 Å². The first-order valence-corrected chi connectivity index (χ1v) is 18.2. The molecule has 0 radical (unpaired) electrons. The summed E-state index contributed by atoms with van der Waals surface area (Å²) in [4.78, 5) is 36.8. The molecule has 0 aliphatic carbocycles. The molecule has 42 heavy (non-hydrogen) atoms. The molecule has 0 saturated heterocycles. The number of likely N-dealkylation sites (N-methyl/N-ethyl adjacent to an activating group) is 1. The number of ether oxygens (including phenoxy) is 2. The van der Waals surface area contributed by atoms with Crippen LogP contribution in [-0.4, -0.2) is 70.0 Å². The van der Waals surface area contributed by atoms with E-state index < -0.39 is 32.5 Å². The minimum atomic E-state index is -4.59. The second-order valence-electron chi connectivity index (χ2n) is 12.5. The first-order chi connectivity index (χ1) is 20.0. The zero-order valence-electron chi connectivity index (χ0n) is 27.7. The Morgan fingerprint density at radius 2 is 1.07 bits per heavy atom. The van der Waals surface area contributed by atoms with E-state index in [4.69, 9.17) is 18.5 Å². The summed E-state index contributed by atoms with van der Waals surface area (Å²) in [7, 11) is 1.17. The van der Waals surface area contributed by atoms with Crippen LogP contribution in [0.5, 0.6) is 0 Å². The van der Waals surface area contributed by atoms with Crippen LogP contribution in [0.25, 0.3) is 0 Å². The van der Waals surface area contributed by atoms with Crippen LogP contribution in [0.3, 0.4) is 0 Å². The normalized spacial score (nSPS) is 14.0. The van der Waals surface area contributed by atoms with E-state index in [2.05, 4.69) is 13.8 Å². The van der Waals surface area contributed by atoms with Crippen molar-refractivity contribution in [3.8, 4) is 0 Å². The second-order valence-corrected chi connectivity index (χ2v) is 14.0. The zero-order chi connectivity index (χ0) is 31.5. The second kappa shape index (κ2) is 26.4. The number of phosphoric acid groups is 1. The standard InChI is InChI=1S/C32H64NO8P/c1-6-8-10-12-13-14-15-16-17-18-19-20-21-23-25-32(35)41-30(28-38-31(34)24-22-11-9-7-2)29-40-42(36,37)39-27-26-33(3,4)5/h30H,6-29H2,1-5H3. The van der Waals surface area contributed by atoms with Crippen LogP contribution in [0.4, 0.5) is 0 Å². The molecule has 2 atom stereocenters. The van der Waals surface area contributed by atoms with Gasteiger partial charge in [-0.2, -0.15) is 0 Å². The van der Waals surface area contributed by atoms with Crippen molar-refractivity contribution >= 4 is 19.8 Å². The molecule has 0 saturated carbocycles. The molecule has 0 fully saturated rings. The molecule has 0 bridgehead atoms. The van der Waals surface area contributed by atoms with Crippen LogP contribution in [0.15, 0.2) is 0 Å². The minimum Gasteiger partial charge on any atom is -0.756 e. The number of nitrogens with zero attached hydrogens (tertiary/aromatic N) is 1. The van der Waals surface area contributed by atoms with E-state index in [-0.39, 0.29) is 26.1 Å². The molecule has 0 aliphatic rings. The summed E-state index contributed by atoms with van der Waals surface area (Å²) >= 11 is 0. The van der Waals surface area contributed by atoms with E-state index in [1.54, 1.807) is 0 Å². The predicted octanol–water partition coefficient (Wildman–Crippen LogP) is 7.49. The number of carbonyl (C=O) groups excluding carboxylic acids is 2. The van der Waals surface area contributed by atoms with Gasteiger partial charge >= 0.3 is 11.9 Å². The van der Waals surface area contributed by atoms with E-state index in [0.29, 0.717) is 17.4 Å². The third kappa shape index (κ3) is 29.1. The molecule has 0 aliphatic heterocycles. The molecule has 0 aromatic carbocycles. The Kier molecular flexibility index (Phi) is 25.8. The molecule has 9 nitrogen and oxygen atoms in total. The Bertz CT molecular complexity index is 713. The summed E-state index contributed by atoms with van der Waals surface area (Å²) in [6.07, 6.45) is 20.4. The quantitative estimate of drug-likeness (QED) is 0.0351. The summed E-state index contributed by atoms with van der Waals surface area (Å²) in [5.41, 5.74) is 0. The van der Waals surface area contributed by atoms with Crippen LogP contribution in [-0.2, 0) is 32.7 Å². The maximum Gasteiger partial charge on any atom is 0.306 e. The Morgan fingerprint density at radius 3 is 1.55 bits per heavy atom. The highest BCUT2D eigenvalue weighted by atomic mass is 31.2. The fourth-order valence-corrected chi connectivity index (χ4v) is 5.15. The number of rotatable bonds is 30. The van der Waals surface area contributed by atoms with E-state index in [0.717, 1.165) is 38.5 Å². The van der Waals surface area contributed by atoms with Crippen LogP contribution < -0.4 is 4.89 Å². The molecule has 0 aromatic heterocycles. The van der Waals surface area contributed by atoms with Gasteiger partial charge in [0.05, 0.1) is 27.7 Å². The van der Waals surface area contributed by atoms with Gasteiger partial charge < -0.3 is 27.9 Å². The van der Waals surface area contributed by atoms with Gasteiger partial charge in [-0.15, -0.1) is 0 Å². The summed E-state index contributed by atoms with van der Waals surface area (Å²) in [5, 5.41) is 0. The van der Waals surface area contributed by atoms with Gasteiger partial charge in [0.1, 0.15) is 19.8 Å². The molecular formula is C32H64NO8P. The molecule has 2 unspecified atom stereocenters. The number of hydrogen-bond acceptors (Lipinski definition) is 8. The van der Waals surface area contributed by atoms with Gasteiger partial charge in [-0.3, -0.25) is 14.2 Å². The lowest BCUT2D eigenvalue weighted by molar-refractivity contribution is -0.870. The highest BCUT2D eigenvalue weighted by Crippen LogP contribution is 2.38. The highest BCUT2D eigenvalue weighted by Gasteiger charge is 2.21. The van der Waals surface area contributed by atoms with Crippen molar-refractivity contribution < 1.29 is 42.1 Å². The fraction of sp³-hybridized carbons (Fsp3) is 0.938. The third-order valence-electron chi connectivity index (χ3n) is 7.13. The molecule has 0 N–H and O–H groups in total. The highest BCUT2D eigenvalue weighted by molar-refractivity contribution is 7.45. The number of carbonyl (C=O) groups is 2. The van der Waals surface area contributed by atoms with Crippen LogP contribution in [0.2, 0.25) is 0 Å². The van der Waals surface area contributed by atoms with E-state index in [1.807, 2.05) is 21.1 Å². The average molecular weight is 622 g/mol. The molecule has 0 heterocycles. The van der Waals surface area contributed by atoms with Crippen molar-refractivity contribution in [2.24, 2.45) is 0 Å².